The van der Waals surface area contributed by atoms with Gasteiger partial charge in [-0.05, 0) is 30.5 Å². The molecule has 2 heterocycles. The molecule has 0 atom stereocenters. The number of hydrogen-bond acceptors (Lipinski definition) is 4. The zero-order chi connectivity index (χ0) is 17.3. The number of amides is 1. The van der Waals surface area contributed by atoms with Gasteiger partial charge >= 0.3 is 0 Å². The van der Waals surface area contributed by atoms with Gasteiger partial charge in [-0.15, -0.1) is 11.3 Å². The third-order valence-corrected chi connectivity index (χ3v) is 4.75. The Balaban J connectivity index is 1.84. The van der Waals surface area contributed by atoms with Gasteiger partial charge in [0.1, 0.15) is 11.6 Å². The molecule has 0 radical (unpaired) electrons. The van der Waals surface area contributed by atoms with Crippen molar-refractivity contribution in [2.45, 2.75) is 13.5 Å². The molecule has 7 heteroatoms. The lowest BCUT2D eigenvalue weighted by molar-refractivity contribution is 0.0777. The summed E-state index contributed by atoms with van der Waals surface area (Å²) in [5.74, 6) is 0.0368. The van der Waals surface area contributed by atoms with E-state index in [9.17, 15) is 9.18 Å². The number of thiophene rings is 1. The van der Waals surface area contributed by atoms with E-state index < -0.39 is 5.82 Å². The number of rotatable bonds is 4. The molecule has 24 heavy (non-hydrogen) atoms. The highest BCUT2D eigenvalue weighted by molar-refractivity contribution is 7.13. The van der Waals surface area contributed by atoms with Crippen molar-refractivity contribution in [3.05, 3.63) is 63.6 Å². The molecule has 3 aromatic rings. The maximum atomic E-state index is 13.9. The van der Waals surface area contributed by atoms with E-state index in [-0.39, 0.29) is 28.7 Å². The minimum atomic E-state index is -0.446. The third kappa shape index (κ3) is 3.20. The van der Waals surface area contributed by atoms with Gasteiger partial charge in [-0.3, -0.25) is 4.79 Å². The topological polar surface area (TPSA) is 46.3 Å². The largest absolute Gasteiger partial charge is 0.440 e. The summed E-state index contributed by atoms with van der Waals surface area (Å²) in [4.78, 5) is 19.1. The van der Waals surface area contributed by atoms with E-state index in [1.54, 1.807) is 20.0 Å². The fraction of sp³-hybridized carbons (Fsp3) is 0.176. The van der Waals surface area contributed by atoms with E-state index in [0.717, 1.165) is 4.88 Å². The first-order valence-corrected chi connectivity index (χ1v) is 8.42. The molecule has 0 aliphatic heterocycles. The van der Waals surface area contributed by atoms with Gasteiger partial charge in [0.15, 0.2) is 5.69 Å². The number of carbonyl (C=O) groups excluding carboxylic acids is 1. The summed E-state index contributed by atoms with van der Waals surface area (Å²) in [7, 11) is 1.57. The molecule has 4 nitrogen and oxygen atoms in total. The fourth-order valence-corrected chi connectivity index (χ4v) is 3.15. The minimum Gasteiger partial charge on any atom is -0.440 e. The number of aryl methyl sites for hydroxylation is 1. The van der Waals surface area contributed by atoms with Gasteiger partial charge in [0, 0.05) is 17.6 Å². The Morgan fingerprint density at radius 2 is 2.17 bits per heavy atom. The Labute approximate surface area is 147 Å². The van der Waals surface area contributed by atoms with Gasteiger partial charge in [0.2, 0.25) is 5.89 Å². The summed E-state index contributed by atoms with van der Waals surface area (Å²) in [5, 5.41) is 2.19. The highest BCUT2D eigenvalue weighted by Gasteiger charge is 2.23. The second-order valence-corrected chi connectivity index (χ2v) is 6.62. The van der Waals surface area contributed by atoms with Crippen LogP contribution in [0.25, 0.3) is 10.8 Å². The summed E-state index contributed by atoms with van der Waals surface area (Å²) in [5.41, 5.74) is 0.489. The molecule has 0 aliphatic rings. The molecular weight excluding hydrogens is 351 g/mol. The summed E-state index contributed by atoms with van der Waals surface area (Å²) in [6, 6.07) is 8.18. The Hall–Kier alpha value is -2.18. The molecule has 0 N–H and O–H groups in total. The first kappa shape index (κ1) is 16.7. The Morgan fingerprint density at radius 1 is 1.38 bits per heavy atom. The predicted molar refractivity (Wildman–Crippen MR) is 91.8 cm³/mol. The number of benzene rings is 1. The van der Waals surface area contributed by atoms with Gasteiger partial charge in [-0.25, -0.2) is 9.37 Å². The fourth-order valence-electron chi connectivity index (χ4n) is 2.27. The van der Waals surface area contributed by atoms with Crippen LogP contribution < -0.4 is 0 Å². The van der Waals surface area contributed by atoms with E-state index in [1.807, 2.05) is 17.5 Å². The van der Waals surface area contributed by atoms with Crippen molar-refractivity contribution in [2.75, 3.05) is 7.05 Å². The smallest absolute Gasteiger partial charge is 0.276 e. The lowest BCUT2D eigenvalue weighted by atomic mass is 10.2. The normalized spacial score (nSPS) is 10.8. The summed E-state index contributed by atoms with van der Waals surface area (Å²) >= 11 is 7.49. The predicted octanol–water partition coefficient (Wildman–Crippen LogP) is 4.78. The average Bonchev–Trinajstić information content (AvgIpc) is 3.19. The zero-order valence-corrected chi connectivity index (χ0v) is 14.6. The Morgan fingerprint density at radius 3 is 2.83 bits per heavy atom. The first-order chi connectivity index (χ1) is 11.5. The number of carbonyl (C=O) groups is 1. The van der Waals surface area contributed by atoms with E-state index in [0.29, 0.717) is 11.7 Å². The highest BCUT2D eigenvalue weighted by atomic mass is 35.5. The van der Waals surface area contributed by atoms with Crippen molar-refractivity contribution < 1.29 is 13.6 Å². The quantitative estimate of drug-likeness (QED) is 0.669. The molecule has 0 fully saturated rings. The van der Waals surface area contributed by atoms with Crippen molar-refractivity contribution in [2.24, 2.45) is 0 Å². The van der Waals surface area contributed by atoms with Crippen LogP contribution in [0.1, 0.15) is 21.8 Å². The SMILES string of the molecule is Cc1oc(-c2cccs2)nc1C(=O)N(C)Cc1c(F)cccc1Cl. The van der Waals surface area contributed by atoms with E-state index in [1.165, 1.54) is 28.4 Å². The molecular formula is C17H14ClFN2O2S. The summed E-state index contributed by atoms with van der Waals surface area (Å²) < 4.78 is 19.5. The number of aromatic nitrogens is 1. The minimum absolute atomic E-state index is 0.0466. The molecule has 0 saturated carbocycles. The van der Waals surface area contributed by atoms with E-state index >= 15 is 0 Å². The number of hydrogen-bond donors (Lipinski definition) is 0. The van der Waals surface area contributed by atoms with Crippen LogP contribution in [0.4, 0.5) is 4.39 Å². The lowest BCUT2D eigenvalue weighted by Crippen LogP contribution is -2.27. The maximum Gasteiger partial charge on any atom is 0.276 e. The molecule has 2 aromatic heterocycles. The highest BCUT2D eigenvalue weighted by Crippen LogP contribution is 2.27. The zero-order valence-electron chi connectivity index (χ0n) is 13.0. The Kier molecular flexibility index (Phi) is 4.69. The lowest BCUT2D eigenvalue weighted by Gasteiger charge is -2.17. The second kappa shape index (κ2) is 6.75. The number of oxazole rings is 1. The molecule has 1 amide bonds. The average molecular weight is 365 g/mol. The molecule has 124 valence electrons. The van der Waals surface area contributed by atoms with Gasteiger partial charge in [0.25, 0.3) is 5.91 Å². The van der Waals surface area contributed by atoms with Crippen molar-refractivity contribution in [1.29, 1.82) is 0 Å². The van der Waals surface area contributed by atoms with Crippen LogP contribution in [0.2, 0.25) is 5.02 Å². The first-order valence-electron chi connectivity index (χ1n) is 7.17. The van der Waals surface area contributed by atoms with Crippen molar-refractivity contribution >= 4 is 28.8 Å². The standard InChI is InChI=1S/C17H14ClFN2O2S/c1-10-15(20-16(23-10)14-7-4-8-24-14)17(22)21(2)9-11-12(18)5-3-6-13(11)19/h3-8H,9H2,1-2H3. The third-order valence-electron chi connectivity index (χ3n) is 3.53. The van der Waals surface area contributed by atoms with Crippen LogP contribution >= 0.6 is 22.9 Å². The summed E-state index contributed by atoms with van der Waals surface area (Å²) in [6.07, 6.45) is 0. The molecule has 1 aromatic carbocycles. The molecule has 0 spiro atoms. The number of halogens is 2. The van der Waals surface area contributed by atoms with Gasteiger partial charge in [0.05, 0.1) is 11.4 Å². The Bertz CT molecular complexity index is 857. The van der Waals surface area contributed by atoms with Crippen molar-refractivity contribution in [1.82, 2.24) is 9.88 Å². The monoisotopic (exact) mass is 364 g/mol. The summed E-state index contributed by atoms with van der Waals surface area (Å²) in [6.45, 7) is 1.73. The van der Waals surface area contributed by atoms with Crippen LogP contribution in [0.3, 0.4) is 0 Å². The van der Waals surface area contributed by atoms with Gasteiger partial charge in [-0.1, -0.05) is 23.7 Å². The molecule has 0 bridgehead atoms. The maximum absolute atomic E-state index is 13.9. The van der Waals surface area contributed by atoms with Crippen LogP contribution in [-0.4, -0.2) is 22.8 Å². The van der Waals surface area contributed by atoms with Crippen LogP contribution in [0.5, 0.6) is 0 Å². The van der Waals surface area contributed by atoms with E-state index in [4.69, 9.17) is 16.0 Å². The molecule has 3 rings (SSSR count). The van der Waals surface area contributed by atoms with Gasteiger partial charge < -0.3 is 9.32 Å². The van der Waals surface area contributed by atoms with Crippen LogP contribution in [0, 0.1) is 12.7 Å². The second-order valence-electron chi connectivity index (χ2n) is 5.26. The molecule has 0 unspecified atom stereocenters. The van der Waals surface area contributed by atoms with E-state index in [2.05, 4.69) is 4.98 Å². The van der Waals surface area contributed by atoms with Crippen molar-refractivity contribution in [3.8, 4) is 10.8 Å². The van der Waals surface area contributed by atoms with Gasteiger partial charge in [-0.2, -0.15) is 0 Å². The molecule has 0 aliphatic carbocycles. The van der Waals surface area contributed by atoms with Crippen LogP contribution in [-0.2, 0) is 6.54 Å². The number of nitrogens with zero attached hydrogens (tertiary/aromatic N) is 2. The van der Waals surface area contributed by atoms with Crippen molar-refractivity contribution in [3.63, 3.8) is 0 Å². The molecule has 0 saturated heterocycles. The van der Waals surface area contributed by atoms with Crippen LogP contribution in [0.15, 0.2) is 40.1 Å².